The Hall–Kier alpha value is -3.92. The van der Waals surface area contributed by atoms with Gasteiger partial charge in [-0.2, -0.15) is 0 Å². The van der Waals surface area contributed by atoms with Crippen molar-refractivity contribution in [2.75, 3.05) is 13.1 Å². The molecule has 160 valence electrons. The lowest BCUT2D eigenvalue weighted by Crippen LogP contribution is -2.51. The molecule has 0 saturated carbocycles. The van der Waals surface area contributed by atoms with Crippen molar-refractivity contribution >= 4 is 24.0 Å². The Bertz CT molecular complexity index is 1020. The van der Waals surface area contributed by atoms with E-state index in [1.807, 2.05) is 103 Å². The number of carbonyl (C=O) groups excluding carboxylic acids is 2. The molecule has 4 rings (SSSR count). The van der Waals surface area contributed by atoms with E-state index in [0.29, 0.717) is 13.1 Å². The van der Waals surface area contributed by atoms with Crippen LogP contribution in [0.25, 0.3) is 12.2 Å². The van der Waals surface area contributed by atoms with E-state index in [9.17, 15) is 9.59 Å². The molecule has 1 saturated heterocycles. The van der Waals surface area contributed by atoms with Gasteiger partial charge in [0.15, 0.2) is 0 Å². The number of nitrogens with zero attached hydrogens (tertiary/aromatic N) is 2. The zero-order valence-corrected chi connectivity index (χ0v) is 17.9. The van der Waals surface area contributed by atoms with Gasteiger partial charge in [0.1, 0.15) is 6.17 Å². The zero-order chi connectivity index (χ0) is 22.2. The van der Waals surface area contributed by atoms with Gasteiger partial charge in [-0.1, -0.05) is 91.0 Å². The minimum atomic E-state index is -0.439. The van der Waals surface area contributed by atoms with E-state index in [2.05, 4.69) is 0 Å². The number of carbonyl (C=O) groups is 2. The van der Waals surface area contributed by atoms with Crippen LogP contribution in [0.1, 0.15) is 29.3 Å². The molecule has 3 aromatic carbocycles. The Morgan fingerprint density at radius 1 is 0.625 bits per heavy atom. The van der Waals surface area contributed by atoms with E-state index in [0.717, 1.165) is 23.1 Å². The second-order valence-electron chi connectivity index (χ2n) is 7.69. The van der Waals surface area contributed by atoms with Crippen molar-refractivity contribution in [1.82, 2.24) is 9.80 Å². The molecule has 0 N–H and O–H groups in total. The van der Waals surface area contributed by atoms with Crippen LogP contribution in [0.4, 0.5) is 0 Å². The summed E-state index contributed by atoms with van der Waals surface area (Å²) in [5, 5.41) is 0. The monoisotopic (exact) mass is 422 g/mol. The van der Waals surface area contributed by atoms with Crippen molar-refractivity contribution in [2.45, 2.75) is 12.6 Å². The fourth-order valence-corrected chi connectivity index (χ4v) is 3.93. The van der Waals surface area contributed by atoms with Crippen LogP contribution in [0.2, 0.25) is 0 Å². The topological polar surface area (TPSA) is 40.6 Å². The molecule has 0 aliphatic carbocycles. The van der Waals surface area contributed by atoms with Crippen LogP contribution in [0.5, 0.6) is 0 Å². The summed E-state index contributed by atoms with van der Waals surface area (Å²) in [6.07, 6.45) is 7.13. The van der Waals surface area contributed by atoms with Crippen LogP contribution in [-0.2, 0) is 9.59 Å². The second kappa shape index (κ2) is 10.4. The van der Waals surface area contributed by atoms with Gasteiger partial charge in [0.05, 0.1) is 0 Å². The Morgan fingerprint density at radius 2 is 1.03 bits per heavy atom. The molecule has 0 radical (unpaired) electrons. The van der Waals surface area contributed by atoms with E-state index in [-0.39, 0.29) is 11.8 Å². The maximum Gasteiger partial charge on any atom is 0.248 e. The summed E-state index contributed by atoms with van der Waals surface area (Å²) >= 11 is 0. The summed E-state index contributed by atoms with van der Waals surface area (Å²) in [6.45, 7) is 1.20. The first-order valence-corrected chi connectivity index (χ1v) is 10.8. The lowest BCUT2D eigenvalue weighted by molar-refractivity contribution is -0.145. The number of hydrogen-bond donors (Lipinski definition) is 0. The lowest BCUT2D eigenvalue weighted by atomic mass is 10.1. The Kier molecular flexibility index (Phi) is 6.93. The first-order valence-electron chi connectivity index (χ1n) is 10.8. The molecular formula is C28H26N2O2. The molecule has 1 heterocycles. The molecule has 0 spiro atoms. The SMILES string of the molecule is O=C(/C=C/c1ccccc1)N1CCCN(C(=O)/C=C/c2ccccc2)C1c1ccccc1. The molecule has 4 heteroatoms. The van der Waals surface area contributed by atoms with Crippen LogP contribution >= 0.6 is 0 Å². The van der Waals surface area contributed by atoms with Gasteiger partial charge in [-0.05, 0) is 35.3 Å². The highest BCUT2D eigenvalue weighted by Crippen LogP contribution is 2.30. The molecule has 0 aromatic heterocycles. The molecule has 2 amide bonds. The maximum atomic E-state index is 13.2. The number of hydrogen-bond acceptors (Lipinski definition) is 2. The third kappa shape index (κ3) is 5.22. The summed E-state index contributed by atoms with van der Waals surface area (Å²) in [7, 11) is 0. The fraction of sp³-hybridized carbons (Fsp3) is 0.143. The lowest BCUT2D eigenvalue weighted by Gasteiger charge is -2.43. The molecular weight excluding hydrogens is 396 g/mol. The fourth-order valence-electron chi connectivity index (χ4n) is 3.93. The first kappa shape index (κ1) is 21.3. The predicted octanol–water partition coefficient (Wildman–Crippen LogP) is 5.17. The minimum Gasteiger partial charge on any atom is -0.314 e. The number of amides is 2. The highest BCUT2D eigenvalue weighted by molar-refractivity contribution is 5.94. The third-order valence-electron chi connectivity index (χ3n) is 5.49. The van der Waals surface area contributed by atoms with Crippen molar-refractivity contribution in [3.63, 3.8) is 0 Å². The van der Waals surface area contributed by atoms with Gasteiger partial charge in [0, 0.05) is 25.2 Å². The quantitative estimate of drug-likeness (QED) is 0.532. The van der Waals surface area contributed by atoms with Crippen LogP contribution < -0.4 is 0 Å². The zero-order valence-electron chi connectivity index (χ0n) is 17.9. The normalized spacial score (nSPS) is 14.9. The van der Waals surface area contributed by atoms with Gasteiger partial charge in [-0.3, -0.25) is 9.59 Å². The van der Waals surface area contributed by atoms with Crippen molar-refractivity contribution in [3.8, 4) is 0 Å². The molecule has 0 atom stereocenters. The van der Waals surface area contributed by atoms with E-state index >= 15 is 0 Å². The van der Waals surface area contributed by atoms with Crippen LogP contribution in [-0.4, -0.2) is 34.7 Å². The molecule has 1 aliphatic heterocycles. The van der Waals surface area contributed by atoms with Crippen molar-refractivity contribution < 1.29 is 9.59 Å². The van der Waals surface area contributed by atoms with Crippen LogP contribution in [0, 0.1) is 0 Å². The summed E-state index contributed by atoms with van der Waals surface area (Å²) in [5.41, 5.74) is 2.86. The van der Waals surface area contributed by atoms with Crippen molar-refractivity contribution in [2.24, 2.45) is 0 Å². The van der Waals surface area contributed by atoms with E-state index < -0.39 is 6.17 Å². The number of rotatable bonds is 5. The molecule has 1 aliphatic rings. The molecule has 0 bridgehead atoms. The Morgan fingerprint density at radius 3 is 1.47 bits per heavy atom. The van der Waals surface area contributed by atoms with Crippen molar-refractivity contribution in [1.29, 1.82) is 0 Å². The maximum absolute atomic E-state index is 13.2. The van der Waals surface area contributed by atoms with Gasteiger partial charge in [-0.25, -0.2) is 0 Å². The predicted molar refractivity (Wildman–Crippen MR) is 128 cm³/mol. The van der Waals surface area contributed by atoms with E-state index in [4.69, 9.17) is 0 Å². The summed E-state index contributed by atoms with van der Waals surface area (Å²) in [6, 6.07) is 29.2. The number of benzene rings is 3. The van der Waals surface area contributed by atoms with Crippen molar-refractivity contribution in [3.05, 3.63) is 120 Å². The smallest absolute Gasteiger partial charge is 0.248 e. The largest absolute Gasteiger partial charge is 0.314 e. The molecule has 3 aromatic rings. The van der Waals surface area contributed by atoms with Crippen LogP contribution in [0.3, 0.4) is 0 Å². The summed E-state index contributed by atoms with van der Waals surface area (Å²) < 4.78 is 0. The van der Waals surface area contributed by atoms with Gasteiger partial charge < -0.3 is 9.80 Å². The first-order chi connectivity index (χ1) is 15.7. The highest BCUT2D eigenvalue weighted by Gasteiger charge is 2.34. The van der Waals surface area contributed by atoms with E-state index in [1.165, 1.54) is 0 Å². The van der Waals surface area contributed by atoms with E-state index in [1.54, 1.807) is 22.0 Å². The van der Waals surface area contributed by atoms with Gasteiger partial charge in [-0.15, -0.1) is 0 Å². The summed E-state index contributed by atoms with van der Waals surface area (Å²) in [5.74, 6) is -0.209. The second-order valence-corrected chi connectivity index (χ2v) is 7.69. The van der Waals surface area contributed by atoms with Gasteiger partial charge in [0.25, 0.3) is 0 Å². The Labute approximate surface area is 189 Å². The highest BCUT2D eigenvalue weighted by atomic mass is 16.2. The summed E-state index contributed by atoms with van der Waals surface area (Å²) in [4.78, 5) is 29.9. The van der Waals surface area contributed by atoms with Gasteiger partial charge in [0.2, 0.25) is 11.8 Å². The molecule has 4 nitrogen and oxygen atoms in total. The third-order valence-corrected chi connectivity index (χ3v) is 5.49. The Balaban J connectivity index is 1.60. The molecule has 1 fully saturated rings. The average Bonchev–Trinajstić information content (AvgIpc) is 2.87. The van der Waals surface area contributed by atoms with Crippen LogP contribution in [0.15, 0.2) is 103 Å². The molecule has 0 unspecified atom stereocenters. The standard InChI is InChI=1S/C28H26N2O2/c31-26(19-17-23-11-4-1-5-12-23)29-21-10-22-30(28(29)25-15-8-3-9-16-25)27(32)20-18-24-13-6-2-7-14-24/h1-9,11-20,28H,10,21-22H2/b19-17+,20-18+. The van der Waals surface area contributed by atoms with Gasteiger partial charge >= 0.3 is 0 Å². The average molecular weight is 423 g/mol. The minimum absolute atomic E-state index is 0.104. The molecule has 32 heavy (non-hydrogen) atoms.